The van der Waals surface area contributed by atoms with E-state index in [4.69, 9.17) is 4.74 Å². The summed E-state index contributed by atoms with van der Waals surface area (Å²) in [5.41, 5.74) is 1.76. The molecule has 0 aliphatic heterocycles. The number of thioether (sulfide) groups is 1. The molecule has 23 heavy (non-hydrogen) atoms. The fraction of sp³-hybridized carbons (Fsp3) is 0.316. The van der Waals surface area contributed by atoms with Crippen molar-refractivity contribution in [2.45, 2.75) is 31.5 Å². The van der Waals surface area contributed by atoms with Crippen LogP contribution in [-0.2, 0) is 11.3 Å². The summed E-state index contributed by atoms with van der Waals surface area (Å²) in [6.07, 6.45) is 0.208. The number of hydrogen-bond acceptors (Lipinski definition) is 3. The van der Waals surface area contributed by atoms with Crippen LogP contribution in [0.5, 0.6) is 0 Å². The van der Waals surface area contributed by atoms with Gasteiger partial charge in [-0.3, -0.25) is 4.79 Å². The number of carbonyl (C=O) groups is 1. The third-order valence-electron chi connectivity index (χ3n) is 3.20. The summed E-state index contributed by atoms with van der Waals surface area (Å²) in [5.74, 6) is 0.825. The van der Waals surface area contributed by atoms with E-state index in [0.29, 0.717) is 18.7 Å². The molecule has 2 rings (SSSR count). The van der Waals surface area contributed by atoms with E-state index in [1.807, 2.05) is 56.3 Å². The summed E-state index contributed by atoms with van der Waals surface area (Å²) in [6.45, 7) is 5.24. The molecule has 1 N–H and O–H groups in total. The van der Waals surface area contributed by atoms with Crippen LogP contribution >= 0.6 is 11.8 Å². The predicted octanol–water partition coefficient (Wildman–Crippen LogP) is 4.13. The third-order valence-corrected chi connectivity index (χ3v) is 4.21. The van der Waals surface area contributed by atoms with E-state index in [-0.39, 0.29) is 12.0 Å². The number of rotatable bonds is 8. The Morgan fingerprint density at radius 2 is 1.78 bits per heavy atom. The number of amides is 1. The smallest absolute Gasteiger partial charge is 0.251 e. The molecule has 3 nitrogen and oxygen atoms in total. The summed E-state index contributed by atoms with van der Waals surface area (Å²) in [6, 6.07) is 17.8. The van der Waals surface area contributed by atoms with Crippen molar-refractivity contribution in [2.75, 3.05) is 12.3 Å². The molecule has 1 amide bonds. The molecule has 0 radical (unpaired) electrons. The first-order valence-corrected chi connectivity index (χ1v) is 8.80. The van der Waals surface area contributed by atoms with Crippen LogP contribution in [0.3, 0.4) is 0 Å². The van der Waals surface area contributed by atoms with Crippen LogP contribution < -0.4 is 5.32 Å². The van der Waals surface area contributed by atoms with Crippen molar-refractivity contribution in [3.63, 3.8) is 0 Å². The third kappa shape index (κ3) is 6.47. The monoisotopic (exact) mass is 329 g/mol. The van der Waals surface area contributed by atoms with Gasteiger partial charge in [0.15, 0.2) is 0 Å². The Morgan fingerprint density at radius 1 is 1.09 bits per heavy atom. The van der Waals surface area contributed by atoms with Crippen molar-refractivity contribution in [3.8, 4) is 0 Å². The molecular formula is C19H23NO2S. The minimum Gasteiger partial charge on any atom is -0.374 e. The fourth-order valence-electron chi connectivity index (χ4n) is 1.97. The molecule has 0 aromatic heterocycles. The van der Waals surface area contributed by atoms with E-state index in [1.165, 1.54) is 4.90 Å². The highest BCUT2D eigenvalue weighted by Crippen LogP contribution is 2.15. The van der Waals surface area contributed by atoms with E-state index in [9.17, 15) is 4.79 Å². The Kier molecular flexibility index (Phi) is 7.17. The molecule has 0 atom stereocenters. The normalized spacial score (nSPS) is 10.7. The molecule has 4 heteroatoms. The molecule has 0 unspecified atom stereocenters. The van der Waals surface area contributed by atoms with Gasteiger partial charge in [0, 0.05) is 22.8 Å². The quantitative estimate of drug-likeness (QED) is 0.584. The zero-order chi connectivity index (χ0) is 16.5. The molecule has 0 aliphatic carbocycles. The van der Waals surface area contributed by atoms with Crippen LogP contribution in [0, 0.1) is 0 Å². The molecule has 0 aliphatic rings. The van der Waals surface area contributed by atoms with Crippen LogP contribution in [0.4, 0.5) is 0 Å². The summed E-state index contributed by atoms with van der Waals surface area (Å²) in [5, 5.41) is 2.95. The zero-order valence-corrected chi connectivity index (χ0v) is 14.4. The second-order valence-electron chi connectivity index (χ2n) is 5.47. The van der Waals surface area contributed by atoms with Gasteiger partial charge in [-0.2, -0.15) is 0 Å². The fourth-order valence-corrected chi connectivity index (χ4v) is 2.76. The topological polar surface area (TPSA) is 38.3 Å². The maximum Gasteiger partial charge on any atom is 0.251 e. The Hall–Kier alpha value is -1.78. The van der Waals surface area contributed by atoms with E-state index in [0.717, 1.165) is 11.3 Å². The van der Waals surface area contributed by atoms with Gasteiger partial charge in [-0.05, 0) is 43.7 Å². The van der Waals surface area contributed by atoms with Gasteiger partial charge in [-0.15, -0.1) is 11.8 Å². The van der Waals surface area contributed by atoms with Crippen molar-refractivity contribution in [2.24, 2.45) is 0 Å². The van der Waals surface area contributed by atoms with Gasteiger partial charge in [0.1, 0.15) is 0 Å². The lowest BCUT2D eigenvalue weighted by atomic mass is 10.1. The molecule has 2 aromatic carbocycles. The molecule has 0 spiro atoms. The van der Waals surface area contributed by atoms with Crippen molar-refractivity contribution in [1.82, 2.24) is 5.32 Å². The molecule has 0 fully saturated rings. The van der Waals surface area contributed by atoms with E-state index in [2.05, 4.69) is 17.4 Å². The van der Waals surface area contributed by atoms with Crippen molar-refractivity contribution >= 4 is 17.7 Å². The highest BCUT2D eigenvalue weighted by Gasteiger charge is 2.05. The lowest BCUT2D eigenvalue weighted by molar-refractivity contribution is 0.0657. The summed E-state index contributed by atoms with van der Waals surface area (Å²) < 4.78 is 5.55. The van der Waals surface area contributed by atoms with E-state index >= 15 is 0 Å². The average molecular weight is 329 g/mol. The van der Waals surface area contributed by atoms with Crippen LogP contribution in [0.2, 0.25) is 0 Å². The van der Waals surface area contributed by atoms with E-state index < -0.39 is 0 Å². The Labute approximate surface area is 142 Å². The molecule has 0 bridgehead atoms. The number of ether oxygens (including phenoxy) is 1. The predicted molar refractivity (Wildman–Crippen MR) is 95.9 cm³/mol. The van der Waals surface area contributed by atoms with Gasteiger partial charge in [-0.25, -0.2) is 0 Å². The molecule has 0 saturated heterocycles. The summed E-state index contributed by atoms with van der Waals surface area (Å²) >= 11 is 1.74. The molecule has 0 saturated carbocycles. The van der Waals surface area contributed by atoms with Crippen molar-refractivity contribution in [1.29, 1.82) is 0 Å². The van der Waals surface area contributed by atoms with Gasteiger partial charge >= 0.3 is 0 Å². The Balaban J connectivity index is 1.72. The highest BCUT2D eigenvalue weighted by molar-refractivity contribution is 7.99. The summed E-state index contributed by atoms with van der Waals surface area (Å²) in [7, 11) is 0. The molecule has 0 heterocycles. The molecular weight excluding hydrogens is 306 g/mol. The maximum absolute atomic E-state index is 12.1. The molecule has 122 valence electrons. The average Bonchev–Trinajstić information content (AvgIpc) is 2.58. The number of hydrogen-bond donors (Lipinski definition) is 1. The SMILES string of the molecule is CC(C)OCc1ccc(C(=O)NCCSc2ccccc2)cc1. The maximum atomic E-state index is 12.1. The number of benzene rings is 2. The minimum atomic E-state index is -0.0324. The number of nitrogens with one attached hydrogen (secondary N) is 1. The van der Waals surface area contributed by atoms with Gasteiger partial charge in [0.05, 0.1) is 12.7 Å². The second kappa shape index (κ2) is 9.38. The van der Waals surface area contributed by atoms with Crippen LogP contribution in [-0.4, -0.2) is 24.3 Å². The van der Waals surface area contributed by atoms with Gasteiger partial charge in [0.2, 0.25) is 0 Å². The first kappa shape index (κ1) is 17.6. The van der Waals surface area contributed by atoms with Crippen LogP contribution in [0.25, 0.3) is 0 Å². The summed E-state index contributed by atoms with van der Waals surface area (Å²) in [4.78, 5) is 13.3. The van der Waals surface area contributed by atoms with Crippen molar-refractivity contribution < 1.29 is 9.53 Å². The van der Waals surface area contributed by atoms with E-state index in [1.54, 1.807) is 11.8 Å². The lowest BCUT2D eigenvalue weighted by Gasteiger charge is -2.09. The first-order valence-electron chi connectivity index (χ1n) is 7.82. The van der Waals surface area contributed by atoms with Crippen LogP contribution in [0.15, 0.2) is 59.5 Å². The lowest BCUT2D eigenvalue weighted by Crippen LogP contribution is -2.25. The largest absolute Gasteiger partial charge is 0.374 e. The Morgan fingerprint density at radius 3 is 2.43 bits per heavy atom. The minimum absolute atomic E-state index is 0.0324. The number of carbonyl (C=O) groups excluding carboxylic acids is 1. The Bertz CT molecular complexity index is 597. The standard InChI is InChI=1S/C19H23NO2S/c1-15(2)22-14-16-8-10-17(11-9-16)19(21)20-12-13-23-18-6-4-3-5-7-18/h3-11,15H,12-14H2,1-2H3,(H,20,21). The van der Waals surface area contributed by atoms with Gasteiger partial charge in [0.25, 0.3) is 5.91 Å². The van der Waals surface area contributed by atoms with Crippen molar-refractivity contribution in [3.05, 3.63) is 65.7 Å². The zero-order valence-electron chi connectivity index (χ0n) is 13.6. The first-order chi connectivity index (χ1) is 11.1. The highest BCUT2D eigenvalue weighted by atomic mass is 32.2. The van der Waals surface area contributed by atoms with Crippen LogP contribution in [0.1, 0.15) is 29.8 Å². The van der Waals surface area contributed by atoms with Gasteiger partial charge in [-0.1, -0.05) is 30.3 Å². The molecule has 2 aromatic rings. The second-order valence-corrected chi connectivity index (χ2v) is 6.64. The van der Waals surface area contributed by atoms with Gasteiger partial charge < -0.3 is 10.1 Å².